The van der Waals surface area contributed by atoms with Gasteiger partial charge < -0.3 is 10.2 Å². The lowest BCUT2D eigenvalue weighted by Gasteiger charge is -2.34. The van der Waals surface area contributed by atoms with Crippen molar-refractivity contribution in [3.63, 3.8) is 0 Å². The molecular weight excluding hydrogens is 315 g/mol. The molecule has 1 amide bonds. The molecule has 0 spiro atoms. The second kappa shape index (κ2) is 6.84. The van der Waals surface area contributed by atoms with E-state index in [1.807, 2.05) is 5.32 Å². The molecule has 0 bridgehead atoms. The van der Waals surface area contributed by atoms with E-state index in [9.17, 15) is 28.1 Å². The molecule has 1 saturated heterocycles. The molecule has 1 atom stereocenters. The molecule has 2 rings (SSSR count). The summed E-state index contributed by atoms with van der Waals surface area (Å²) < 4.78 is 36.6. The third kappa shape index (κ3) is 4.33. The van der Waals surface area contributed by atoms with E-state index in [0.717, 1.165) is 0 Å². The lowest BCUT2D eigenvalue weighted by molar-refractivity contribution is -0.384. The van der Waals surface area contributed by atoms with Gasteiger partial charge >= 0.3 is 12.1 Å². The van der Waals surface area contributed by atoms with E-state index >= 15 is 0 Å². The Kier molecular flexibility index (Phi) is 5.07. The average molecular weight is 331 g/mol. The Morgan fingerprint density at radius 2 is 2.09 bits per heavy atom. The summed E-state index contributed by atoms with van der Waals surface area (Å²) in [7, 11) is 0. The van der Waals surface area contributed by atoms with E-state index in [2.05, 4.69) is 0 Å². The van der Waals surface area contributed by atoms with Crippen LogP contribution in [0.2, 0.25) is 0 Å². The fourth-order valence-electron chi connectivity index (χ4n) is 2.67. The Labute approximate surface area is 130 Å². The molecule has 9 heteroatoms. The minimum absolute atomic E-state index is 0.0347. The Bertz CT molecular complexity index is 592. The molecule has 1 fully saturated rings. The quantitative estimate of drug-likeness (QED) is 0.679. The van der Waals surface area contributed by atoms with Gasteiger partial charge in [-0.15, -0.1) is 0 Å². The average Bonchev–Trinajstić information content (AvgIpc) is 2.52. The molecule has 0 unspecified atom stereocenters. The minimum atomic E-state index is -4.90. The monoisotopic (exact) mass is 331 g/mol. The van der Waals surface area contributed by atoms with Gasteiger partial charge in [0.15, 0.2) is 0 Å². The number of carbonyl (C=O) groups excluding carboxylic acids is 1. The van der Waals surface area contributed by atoms with Gasteiger partial charge in [0.1, 0.15) is 5.69 Å². The van der Waals surface area contributed by atoms with Crippen LogP contribution in [0.5, 0.6) is 0 Å². The molecule has 0 radical (unpaired) electrons. The third-order valence-corrected chi connectivity index (χ3v) is 3.75. The molecule has 6 nitrogen and oxygen atoms in total. The van der Waals surface area contributed by atoms with Crippen molar-refractivity contribution in [1.82, 2.24) is 5.32 Å². The van der Waals surface area contributed by atoms with E-state index < -0.39 is 17.0 Å². The SMILES string of the molecule is O=C(NC[C@H]1CCCN(c2ccccc2[N+](=O)[O-])C1)C(F)(F)F. The number of nitrogens with one attached hydrogen (secondary N) is 1. The number of anilines is 1. The predicted molar refractivity (Wildman–Crippen MR) is 77.1 cm³/mol. The smallest absolute Gasteiger partial charge is 0.366 e. The summed E-state index contributed by atoms with van der Waals surface area (Å²) in [6.45, 7) is 0.854. The number of hydrogen-bond acceptors (Lipinski definition) is 4. The fourth-order valence-corrected chi connectivity index (χ4v) is 2.67. The fraction of sp³-hybridized carbons (Fsp3) is 0.500. The number of halogens is 3. The van der Waals surface area contributed by atoms with Crippen LogP contribution in [0.15, 0.2) is 24.3 Å². The van der Waals surface area contributed by atoms with Crippen LogP contribution in [0.3, 0.4) is 0 Å². The Morgan fingerprint density at radius 1 is 1.39 bits per heavy atom. The number of benzene rings is 1. The molecule has 0 aliphatic carbocycles. The lowest BCUT2D eigenvalue weighted by Crippen LogP contribution is -2.44. The summed E-state index contributed by atoms with van der Waals surface area (Å²) in [5.74, 6) is -2.14. The van der Waals surface area contributed by atoms with Gasteiger partial charge in [0.25, 0.3) is 5.69 Å². The van der Waals surface area contributed by atoms with Gasteiger partial charge in [-0.3, -0.25) is 14.9 Å². The van der Waals surface area contributed by atoms with Crippen molar-refractivity contribution in [2.24, 2.45) is 5.92 Å². The minimum Gasteiger partial charge on any atom is -0.366 e. The van der Waals surface area contributed by atoms with E-state index in [1.165, 1.54) is 6.07 Å². The lowest BCUT2D eigenvalue weighted by atomic mass is 9.97. The first kappa shape index (κ1) is 17.0. The Morgan fingerprint density at radius 3 is 2.74 bits per heavy atom. The maximum absolute atomic E-state index is 12.2. The number of hydrogen-bond donors (Lipinski definition) is 1. The zero-order chi connectivity index (χ0) is 17.0. The topological polar surface area (TPSA) is 75.5 Å². The summed E-state index contributed by atoms with van der Waals surface area (Å²) in [6.07, 6.45) is -3.54. The van der Waals surface area contributed by atoms with Gasteiger partial charge in [-0.05, 0) is 24.8 Å². The number of nitro benzene ring substituents is 1. The predicted octanol–water partition coefficient (Wildman–Crippen LogP) is 2.49. The highest BCUT2D eigenvalue weighted by molar-refractivity contribution is 5.81. The van der Waals surface area contributed by atoms with Crippen LogP contribution in [0.4, 0.5) is 24.5 Å². The molecule has 1 aromatic carbocycles. The number of amides is 1. The first-order chi connectivity index (χ1) is 10.8. The highest BCUT2D eigenvalue weighted by Gasteiger charge is 2.38. The molecule has 1 aliphatic heterocycles. The number of rotatable bonds is 4. The molecule has 1 aliphatic rings. The molecule has 1 N–H and O–H groups in total. The van der Waals surface area contributed by atoms with Gasteiger partial charge in [0.05, 0.1) is 4.92 Å². The van der Waals surface area contributed by atoms with Crippen molar-refractivity contribution in [3.05, 3.63) is 34.4 Å². The summed E-state index contributed by atoms with van der Waals surface area (Å²) in [6, 6.07) is 6.25. The second-order valence-corrected chi connectivity index (χ2v) is 5.41. The van der Waals surface area contributed by atoms with Gasteiger partial charge in [0.2, 0.25) is 0 Å². The molecule has 1 aromatic rings. The van der Waals surface area contributed by atoms with Crippen LogP contribution in [-0.4, -0.2) is 36.6 Å². The molecule has 23 heavy (non-hydrogen) atoms. The van der Waals surface area contributed by atoms with Crippen LogP contribution in [0.25, 0.3) is 0 Å². The zero-order valence-corrected chi connectivity index (χ0v) is 12.2. The zero-order valence-electron chi connectivity index (χ0n) is 12.2. The first-order valence-corrected chi connectivity index (χ1v) is 7.12. The van der Waals surface area contributed by atoms with Crippen LogP contribution in [0.1, 0.15) is 12.8 Å². The molecule has 1 heterocycles. The maximum atomic E-state index is 12.2. The summed E-state index contributed by atoms with van der Waals surface area (Å²) in [4.78, 5) is 23.2. The summed E-state index contributed by atoms with van der Waals surface area (Å²) >= 11 is 0. The van der Waals surface area contributed by atoms with Crippen LogP contribution >= 0.6 is 0 Å². The van der Waals surface area contributed by atoms with Gasteiger partial charge in [-0.2, -0.15) is 13.2 Å². The van der Waals surface area contributed by atoms with Gasteiger partial charge in [-0.1, -0.05) is 12.1 Å². The van der Waals surface area contributed by atoms with Crippen LogP contribution in [-0.2, 0) is 4.79 Å². The number of carbonyl (C=O) groups is 1. The largest absolute Gasteiger partial charge is 0.471 e. The molecule has 0 aromatic heterocycles. The highest BCUT2D eigenvalue weighted by Crippen LogP contribution is 2.31. The van der Waals surface area contributed by atoms with Crippen molar-refractivity contribution < 1.29 is 22.9 Å². The standard InChI is InChI=1S/C14H16F3N3O3/c15-14(16,17)13(21)18-8-10-4-3-7-19(9-10)11-5-1-2-6-12(11)20(22)23/h1-2,5-6,10H,3-4,7-9H2,(H,18,21)/t10-/m1/s1. The van der Waals surface area contributed by atoms with Crippen molar-refractivity contribution in [2.45, 2.75) is 19.0 Å². The normalized spacial score (nSPS) is 18.6. The second-order valence-electron chi connectivity index (χ2n) is 5.41. The number of nitro groups is 1. The summed E-state index contributed by atoms with van der Waals surface area (Å²) in [5.41, 5.74) is 0.414. The molecule has 0 saturated carbocycles. The first-order valence-electron chi connectivity index (χ1n) is 7.12. The molecular formula is C14H16F3N3O3. The highest BCUT2D eigenvalue weighted by atomic mass is 19.4. The van der Waals surface area contributed by atoms with Crippen molar-refractivity contribution in [3.8, 4) is 0 Å². The van der Waals surface area contributed by atoms with Crippen molar-refractivity contribution in [2.75, 3.05) is 24.5 Å². The van der Waals surface area contributed by atoms with E-state index in [-0.39, 0.29) is 18.2 Å². The van der Waals surface area contributed by atoms with Crippen molar-refractivity contribution >= 4 is 17.3 Å². The number of piperidine rings is 1. The number of para-hydroxylation sites is 2. The van der Waals surface area contributed by atoms with Crippen molar-refractivity contribution in [1.29, 1.82) is 0 Å². The number of alkyl halides is 3. The Balaban J connectivity index is 2.02. The van der Waals surface area contributed by atoms with Gasteiger partial charge in [-0.25, -0.2) is 0 Å². The summed E-state index contributed by atoms with van der Waals surface area (Å²) in [5, 5.41) is 12.9. The maximum Gasteiger partial charge on any atom is 0.471 e. The third-order valence-electron chi connectivity index (χ3n) is 3.75. The van der Waals surface area contributed by atoms with E-state index in [0.29, 0.717) is 31.6 Å². The number of nitrogens with zero attached hydrogens (tertiary/aromatic N) is 2. The Hall–Kier alpha value is -2.32. The van der Waals surface area contributed by atoms with E-state index in [4.69, 9.17) is 0 Å². The van der Waals surface area contributed by atoms with Crippen LogP contribution < -0.4 is 10.2 Å². The van der Waals surface area contributed by atoms with E-state index in [1.54, 1.807) is 23.1 Å². The molecule has 126 valence electrons. The van der Waals surface area contributed by atoms with Gasteiger partial charge in [0, 0.05) is 25.7 Å². The van der Waals surface area contributed by atoms with Crippen LogP contribution in [0, 0.1) is 16.0 Å².